The number of benzene rings is 1. The lowest BCUT2D eigenvalue weighted by atomic mass is 10.0. The van der Waals surface area contributed by atoms with E-state index in [1.807, 2.05) is 31.4 Å². The Morgan fingerprint density at radius 3 is 2.59 bits per heavy atom. The molecule has 0 saturated carbocycles. The zero-order chi connectivity index (χ0) is 14.0. The Hall–Kier alpha value is -1.63. The molecule has 0 amide bonds. The monoisotopic (exact) mass is 228 g/mol. The molecule has 0 aliphatic heterocycles. The fourth-order valence-electron chi connectivity index (χ4n) is 2.11. The Morgan fingerprint density at radius 2 is 1.94 bits per heavy atom. The maximum Gasteiger partial charge on any atom is 0.212 e. The summed E-state index contributed by atoms with van der Waals surface area (Å²) >= 11 is 0. The van der Waals surface area contributed by atoms with Gasteiger partial charge in [-0.25, -0.2) is 4.57 Å². The van der Waals surface area contributed by atoms with Gasteiger partial charge in [0.25, 0.3) is 0 Å². The van der Waals surface area contributed by atoms with Crippen LogP contribution >= 0.6 is 0 Å². The second-order valence-electron chi connectivity index (χ2n) is 4.38. The SMILES string of the molecule is [2H]C([2H])(C)Cc1ccc(-c2ccccc2C)[n+](C)c1. The van der Waals surface area contributed by atoms with E-state index >= 15 is 0 Å². The summed E-state index contributed by atoms with van der Waals surface area (Å²) in [4.78, 5) is 0. The van der Waals surface area contributed by atoms with E-state index in [4.69, 9.17) is 2.74 Å². The minimum Gasteiger partial charge on any atom is -0.201 e. The summed E-state index contributed by atoms with van der Waals surface area (Å²) in [6.07, 6.45) is 1.29. The van der Waals surface area contributed by atoms with E-state index in [0.29, 0.717) is 6.42 Å². The Bertz CT molecular complexity index is 586. The van der Waals surface area contributed by atoms with Gasteiger partial charge in [0.15, 0.2) is 6.20 Å². The van der Waals surface area contributed by atoms with E-state index in [2.05, 4.69) is 29.7 Å². The number of hydrogen-bond donors (Lipinski definition) is 0. The van der Waals surface area contributed by atoms with E-state index in [0.717, 1.165) is 11.3 Å². The number of rotatable bonds is 3. The zero-order valence-corrected chi connectivity index (χ0v) is 10.7. The molecule has 0 spiro atoms. The first-order valence-electron chi connectivity index (χ1n) is 6.91. The average molecular weight is 228 g/mol. The Balaban J connectivity index is 2.38. The van der Waals surface area contributed by atoms with Gasteiger partial charge in [-0.1, -0.05) is 31.5 Å². The van der Waals surface area contributed by atoms with Crippen molar-refractivity contribution < 1.29 is 7.31 Å². The molecule has 0 atom stereocenters. The first-order chi connectivity index (χ1) is 8.87. The van der Waals surface area contributed by atoms with Gasteiger partial charge in [-0.3, -0.25) is 0 Å². The lowest BCUT2D eigenvalue weighted by Gasteiger charge is -2.05. The summed E-state index contributed by atoms with van der Waals surface area (Å²) in [6.45, 7) is 3.72. The number of aromatic nitrogens is 1. The largest absolute Gasteiger partial charge is 0.212 e. The van der Waals surface area contributed by atoms with Crippen LogP contribution in [0, 0.1) is 6.92 Å². The van der Waals surface area contributed by atoms with E-state index in [-0.39, 0.29) is 0 Å². The highest BCUT2D eigenvalue weighted by molar-refractivity contribution is 5.60. The lowest BCUT2D eigenvalue weighted by Crippen LogP contribution is -2.31. The second kappa shape index (κ2) is 5.13. The van der Waals surface area contributed by atoms with Crippen molar-refractivity contribution in [2.45, 2.75) is 26.6 Å². The molecule has 0 radical (unpaired) electrons. The fourth-order valence-corrected chi connectivity index (χ4v) is 2.11. The van der Waals surface area contributed by atoms with Crippen LogP contribution < -0.4 is 4.57 Å². The van der Waals surface area contributed by atoms with Gasteiger partial charge in [-0.2, -0.15) is 0 Å². The van der Waals surface area contributed by atoms with E-state index < -0.39 is 6.37 Å². The predicted molar refractivity (Wildman–Crippen MR) is 71.8 cm³/mol. The van der Waals surface area contributed by atoms with Crippen LogP contribution in [0.1, 0.15) is 27.2 Å². The summed E-state index contributed by atoms with van der Waals surface area (Å²) in [6, 6.07) is 12.4. The molecule has 2 aromatic rings. The first kappa shape index (κ1) is 9.41. The minimum atomic E-state index is -1.17. The van der Waals surface area contributed by atoms with Gasteiger partial charge < -0.3 is 0 Å². The third-order valence-corrected chi connectivity index (χ3v) is 3.00. The Kier molecular flexibility index (Phi) is 2.84. The van der Waals surface area contributed by atoms with Crippen molar-refractivity contribution in [3.63, 3.8) is 0 Å². The van der Waals surface area contributed by atoms with Crippen LogP contribution in [0.15, 0.2) is 42.6 Å². The molecule has 0 aliphatic carbocycles. The smallest absolute Gasteiger partial charge is 0.201 e. The van der Waals surface area contributed by atoms with Gasteiger partial charge in [0.2, 0.25) is 5.69 Å². The lowest BCUT2D eigenvalue weighted by molar-refractivity contribution is -0.660. The molecule has 0 bridgehead atoms. The molecule has 17 heavy (non-hydrogen) atoms. The van der Waals surface area contributed by atoms with Crippen molar-refractivity contribution >= 4 is 0 Å². The third kappa shape index (κ3) is 2.55. The Morgan fingerprint density at radius 1 is 1.18 bits per heavy atom. The predicted octanol–water partition coefficient (Wildman–Crippen LogP) is 3.44. The standard InChI is InChI=1S/C16H20N/c1-4-7-14-10-11-16(17(3)12-14)15-9-6-5-8-13(15)2/h5-6,8-12H,4,7H2,1-3H3/q+1/i4D2. The highest BCUT2D eigenvalue weighted by Crippen LogP contribution is 2.19. The molecule has 1 heterocycles. The van der Waals surface area contributed by atoms with Gasteiger partial charge in [0.1, 0.15) is 7.05 Å². The summed E-state index contributed by atoms with van der Waals surface area (Å²) < 4.78 is 17.4. The number of pyridine rings is 1. The third-order valence-electron chi connectivity index (χ3n) is 3.00. The maximum absolute atomic E-state index is 7.65. The van der Waals surface area contributed by atoms with Crippen LogP contribution in [0.25, 0.3) is 11.3 Å². The summed E-state index contributed by atoms with van der Waals surface area (Å²) in [5.74, 6) is 0. The summed E-state index contributed by atoms with van der Waals surface area (Å²) in [7, 11) is 2.01. The Labute approximate surface area is 107 Å². The quantitative estimate of drug-likeness (QED) is 0.709. The minimum absolute atomic E-state index is 0.439. The van der Waals surface area contributed by atoms with Gasteiger partial charge in [-0.05, 0) is 31.0 Å². The molecule has 2 rings (SSSR count). The highest BCUT2D eigenvalue weighted by atomic mass is 14.9. The van der Waals surface area contributed by atoms with Crippen LogP contribution in [0.3, 0.4) is 0 Å². The maximum atomic E-state index is 7.65. The molecule has 0 N–H and O–H groups in total. The molecule has 0 aliphatic rings. The number of hydrogen-bond acceptors (Lipinski definition) is 0. The molecule has 1 heteroatoms. The normalized spacial score (nSPS) is 13.1. The number of nitrogens with zero attached hydrogens (tertiary/aromatic N) is 1. The average Bonchev–Trinajstić information content (AvgIpc) is 2.28. The molecule has 1 nitrogen and oxygen atoms in total. The number of aryl methyl sites for hydroxylation is 3. The molecule has 0 unspecified atom stereocenters. The second-order valence-corrected chi connectivity index (χ2v) is 4.38. The molecule has 1 aromatic heterocycles. The molecule has 88 valence electrons. The molecule has 1 aromatic carbocycles. The van der Waals surface area contributed by atoms with Crippen molar-refractivity contribution in [3.05, 3.63) is 53.7 Å². The summed E-state index contributed by atoms with van der Waals surface area (Å²) in [5, 5.41) is 0. The topological polar surface area (TPSA) is 3.88 Å². The highest BCUT2D eigenvalue weighted by Gasteiger charge is 2.11. The molecular formula is C16H20N+. The van der Waals surface area contributed by atoms with Gasteiger partial charge >= 0.3 is 0 Å². The zero-order valence-electron chi connectivity index (χ0n) is 12.7. The van der Waals surface area contributed by atoms with Crippen LogP contribution in [0.2, 0.25) is 0 Å². The fraction of sp³-hybridized carbons (Fsp3) is 0.312. The summed E-state index contributed by atoms with van der Waals surface area (Å²) in [5.41, 5.74) is 4.64. The van der Waals surface area contributed by atoms with Gasteiger partial charge in [0, 0.05) is 19.9 Å². The van der Waals surface area contributed by atoms with Crippen LogP contribution in [0.5, 0.6) is 0 Å². The van der Waals surface area contributed by atoms with Gasteiger partial charge in [0.05, 0.1) is 0 Å². The van der Waals surface area contributed by atoms with Crippen LogP contribution in [-0.2, 0) is 13.5 Å². The van der Waals surface area contributed by atoms with Crippen LogP contribution in [-0.4, -0.2) is 0 Å². The van der Waals surface area contributed by atoms with Crippen molar-refractivity contribution in [2.75, 3.05) is 0 Å². The molecule has 0 saturated heterocycles. The van der Waals surface area contributed by atoms with Crippen molar-refractivity contribution in [1.29, 1.82) is 0 Å². The van der Waals surface area contributed by atoms with E-state index in [1.165, 1.54) is 11.1 Å². The van der Waals surface area contributed by atoms with Crippen LogP contribution in [0.4, 0.5) is 0 Å². The van der Waals surface area contributed by atoms with Gasteiger partial charge in [-0.15, -0.1) is 0 Å². The van der Waals surface area contributed by atoms with Crippen molar-refractivity contribution in [1.82, 2.24) is 0 Å². The molecule has 0 fully saturated rings. The van der Waals surface area contributed by atoms with Crippen molar-refractivity contribution in [3.8, 4) is 11.3 Å². The van der Waals surface area contributed by atoms with Crippen molar-refractivity contribution in [2.24, 2.45) is 7.05 Å². The first-order valence-corrected chi connectivity index (χ1v) is 5.91. The van der Waals surface area contributed by atoms with E-state index in [9.17, 15) is 0 Å². The molecular weight excluding hydrogens is 206 g/mol. The van der Waals surface area contributed by atoms with E-state index in [1.54, 1.807) is 6.92 Å².